The Balaban J connectivity index is 1.73. The fraction of sp³-hybridized carbons (Fsp3) is 0.235. The quantitative estimate of drug-likeness (QED) is 0.561. The van der Waals surface area contributed by atoms with Crippen molar-refractivity contribution in [3.8, 4) is 0 Å². The van der Waals surface area contributed by atoms with Gasteiger partial charge in [0.05, 0.1) is 11.1 Å². The molecule has 0 aliphatic carbocycles. The molecule has 5 nitrogen and oxygen atoms in total. The van der Waals surface area contributed by atoms with Gasteiger partial charge in [0.2, 0.25) is 5.91 Å². The van der Waals surface area contributed by atoms with Gasteiger partial charge in [0.1, 0.15) is 4.83 Å². The second kappa shape index (κ2) is 7.19. The van der Waals surface area contributed by atoms with E-state index in [1.807, 2.05) is 29.6 Å². The van der Waals surface area contributed by atoms with Gasteiger partial charge in [-0.2, -0.15) is 0 Å². The summed E-state index contributed by atoms with van der Waals surface area (Å²) >= 11 is 2.69. The lowest BCUT2D eigenvalue weighted by Gasteiger charge is -2.10. The van der Waals surface area contributed by atoms with E-state index in [0.29, 0.717) is 15.4 Å². The Bertz CT molecular complexity index is 946. The maximum atomic E-state index is 12.2. The number of fused-ring (bicyclic) bond motifs is 1. The highest BCUT2D eigenvalue weighted by Crippen LogP contribution is 2.21. The Kier molecular flexibility index (Phi) is 5.01. The number of benzene rings is 1. The van der Waals surface area contributed by atoms with E-state index in [9.17, 15) is 9.59 Å². The smallest absolute Gasteiger partial charge is 0.262 e. The van der Waals surface area contributed by atoms with Crippen LogP contribution in [0.5, 0.6) is 0 Å². The molecule has 0 unspecified atom stereocenters. The Morgan fingerprint density at radius 3 is 2.92 bits per heavy atom. The van der Waals surface area contributed by atoms with Gasteiger partial charge in [-0.15, -0.1) is 11.3 Å². The molecule has 1 aromatic carbocycles. The van der Waals surface area contributed by atoms with E-state index >= 15 is 0 Å². The van der Waals surface area contributed by atoms with E-state index in [1.54, 1.807) is 13.1 Å². The Hall–Kier alpha value is -2.12. The number of amides is 1. The molecule has 0 aliphatic heterocycles. The van der Waals surface area contributed by atoms with Gasteiger partial charge < -0.3 is 5.32 Å². The minimum atomic E-state index is -0.110. The van der Waals surface area contributed by atoms with Crippen molar-refractivity contribution in [2.24, 2.45) is 7.05 Å². The highest BCUT2D eigenvalue weighted by molar-refractivity contribution is 7.99. The van der Waals surface area contributed by atoms with Crippen LogP contribution in [0.25, 0.3) is 10.2 Å². The number of nitrogens with zero attached hydrogens (tertiary/aromatic N) is 2. The minimum absolute atomic E-state index is 0.0829. The molecule has 3 rings (SSSR count). The number of aromatic nitrogens is 2. The fourth-order valence-electron chi connectivity index (χ4n) is 2.38. The van der Waals surface area contributed by atoms with Crippen LogP contribution in [-0.2, 0) is 18.3 Å². The fourth-order valence-corrected chi connectivity index (χ4v) is 3.95. The van der Waals surface area contributed by atoms with E-state index in [2.05, 4.69) is 17.2 Å². The molecule has 0 saturated heterocycles. The zero-order chi connectivity index (χ0) is 17.1. The Labute approximate surface area is 147 Å². The van der Waals surface area contributed by atoms with Gasteiger partial charge in [-0.3, -0.25) is 14.2 Å². The van der Waals surface area contributed by atoms with Crippen LogP contribution in [0.3, 0.4) is 0 Å². The van der Waals surface area contributed by atoms with Crippen LogP contribution >= 0.6 is 23.1 Å². The van der Waals surface area contributed by atoms with Crippen molar-refractivity contribution < 1.29 is 4.79 Å². The van der Waals surface area contributed by atoms with E-state index in [0.717, 1.165) is 17.7 Å². The van der Waals surface area contributed by atoms with Crippen molar-refractivity contribution in [2.45, 2.75) is 18.5 Å². The number of rotatable bonds is 5. The molecule has 0 fully saturated rings. The summed E-state index contributed by atoms with van der Waals surface area (Å²) < 4.78 is 1.49. The van der Waals surface area contributed by atoms with Crippen molar-refractivity contribution in [3.63, 3.8) is 0 Å². The van der Waals surface area contributed by atoms with Crippen molar-refractivity contribution >= 4 is 44.9 Å². The van der Waals surface area contributed by atoms with Gasteiger partial charge in [0.15, 0.2) is 5.16 Å². The Morgan fingerprint density at radius 1 is 1.33 bits per heavy atom. The number of thioether (sulfide) groups is 1. The first kappa shape index (κ1) is 16.7. The third-order valence-corrected chi connectivity index (χ3v) is 5.51. The van der Waals surface area contributed by atoms with Gasteiger partial charge in [-0.1, -0.05) is 36.9 Å². The van der Waals surface area contributed by atoms with Crippen molar-refractivity contribution in [2.75, 3.05) is 11.1 Å². The predicted octanol–water partition coefficient (Wildman–Crippen LogP) is 3.29. The van der Waals surface area contributed by atoms with Crippen molar-refractivity contribution in [3.05, 3.63) is 51.6 Å². The summed E-state index contributed by atoms with van der Waals surface area (Å²) in [6.07, 6.45) is 0.856. The number of para-hydroxylation sites is 1. The van der Waals surface area contributed by atoms with Crippen LogP contribution in [0, 0.1) is 0 Å². The summed E-state index contributed by atoms with van der Waals surface area (Å²) in [6, 6.07) is 9.53. The van der Waals surface area contributed by atoms with Crippen LogP contribution in [-0.4, -0.2) is 21.2 Å². The second-order valence-electron chi connectivity index (χ2n) is 5.25. The molecule has 1 amide bonds. The summed E-state index contributed by atoms with van der Waals surface area (Å²) in [5.41, 5.74) is 1.85. The molecule has 0 bridgehead atoms. The normalized spacial score (nSPS) is 10.9. The molecular weight excluding hydrogens is 342 g/mol. The summed E-state index contributed by atoms with van der Waals surface area (Å²) in [5.74, 6) is 0.0938. The highest BCUT2D eigenvalue weighted by atomic mass is 32.2. The molecular formula is C17H17N3O2S2. The number of aryl methyl sites for hydroxylation is 1. The van der Waals surface area contributed by atoms with Gasteiger partial charge in [0.25, 0.3) is 5.56 Å². The maximum absolute atomic E-state index is 12.2. The number of hydrogen-bond donors (Lipinski definition) is 1. The number of carbonyl (C=O) groups excluding carboxylic acids is 1. The van der Waals surface area contributed by atoms with Gasteiger partial charge in [0, 0.05) is 12.7 Å². The molecule has 24 heavy (non-hydrogen) atoms. The number of nitrogens with one attached hydrogen (secondary N) is 1. The largest absolute Gasteiger partial charge is 0.325 e. The SMILES string of the molecule is CCc1ccccc1NC(=O)CSc1nc2sccc2c(=O)n1C. The molecule has 0 atom stereocenters. The number of hydrogen-bond acceptors (Lipinski definition) is 5. The van der Waals surface area contributed by atoms with Gasteiger partial charge >= 0.3 is 0 Å². The van der Waals surface area contributed by atoms with E-state index in [4.69, 9.17) is 0 Å². The zero-order valence-electron chi connectivity index (χ0n) is 13.4. The van der Waals surface area contributed by atoms with Crippen LogP contribution < -0.4 is 10.9 Å². The third kappa shape index (κ3) is 3.37. The second-order valence-corrected chi connectivity index (χ2v) is 7.08. The van der Waals surface area contributed by atoms with Crippen LogP contribution in [0.1, 0.15) is 12.5 Å². The first-order valence-electron chi connectivity index (χ1n) is 7.55. The average molecular weight is 359 g/mol. The van der Waals surface area contributed by atoms with Crippen molar-refractivity contribution in [1.82, 2.24) is 9.55 Å². The monoisotopic (exact) mass is 359 g/mol. The summed E-state index contributed by atoms with van der Waals surface area (Å²) in [4.78, 5) is 29.6. The molecule has 124 valence electrons. The number of carbonyl (C=O) groups is 1. The molecule has 2 aromatic heterocycles. The number of thiophene rings is 1. The van der Waals surface area contributed by atoms with E-state index in [-0.39, 0.29) is 17.2 Å². The first-order valence-corrected chi connectivity index (χ1v) is 9.41. The van der Waals surface area contributed by atoms with Gasteiger partial charge in [-0.25, -0.2) is 4.98 Å². The lowest BCUT2D eigenvalue weighted by atomic mass is 10.1. The molecule has 0 aliphatic rings. The maximum Gasteiger partial charge on any atom is 0.262 e. The van der Waals surface area contributed by atoms with Crippen LogP contribution in [0.15, 0.2) is 45.7 Å². The molecule has 3 aromatic rings. The third-order valence-electron chi connectivity index (χ3n) is 3.67. The highest BCUT2D eigenvalue weighted by Gasteiger charge is 2.12. The predicted molar refractivity (Wildman–Crippen MR) is 100 cm³/mol. The molecule has 2 heterocycles. The van der Waals surface area contributed by atoms with E-state index in [1.165, 1.54) is 27.7 Å². The minimum Gasteiger partial charge on any atom is -0.325 e. The van der Waals surface area contributed by atoms with Crippen molar-refractivity contribution in [1.29, 1.82) is 0 Å². The average Bonchev–Trinajstić information content (AvgIpc) is 3.06. The lowest BCUT2D eigenvalue weighted by molar-refractivity contribution is -0.113. The van der Waals surface area contributed by atoms with Crippen LogP contribution in [0.4, 0.5) is 5.69 Å². The van der Waals surface area contributed by atoms with E-state index < -0.39 is 0 Å². The summed E-state index contributed by atoms with van der Waals surface area (Å²) in [5, 5.41) is 5.94. The topological polar surface area (TPSA) is 64.0 Å². The molecule has 7 heteroatoms. The van der Waals surface area contributed by atoms with Crippen LogP contribution in [0.2, 0.25) is 0 Å². The first-order chi connectivity index (χ1) is 11.6. The zero-order valence-corrected chi connectivity index (χ0v) is 15.0. The lowest BCUT2D eigenvalue weighted by Crippen LogP contribution is -2.21. The number of anilines is 1. The molecule has 0 saturated carbocycles. The standard InChI is InChI=1S/C17H17N3O2S2/c1-3-11-6-4-5-7-13(11)18-14(21)10-24-17-19-15-12(8-9-23-15)16(22)20(17)2/h4-9H,3,10H2,1-2H3,(H,18,21). The Morgan fingerprint density at radius 2 is 2.12 bits per heavy atom. The summed E-state index contributed by atoms with van der Waals surface area (Å²) in [6.45, 7) is 2.05. The summed E-state index contributed by atoms with van der Waals surface area (Å²) in [7, 11) is 1.68. The molecule has 0 spiro atoms. The molecule has 0 radical (unpaired) electrons. The van der Waals surface area contributed by atoms with Gasteiger partial charge in [-0.05, 0) is 29.5 Å². The molecule has 1 N–H and O–H groups in total.